The zero-order valence-corrected chi connectivity index (χ0v) is 15.3. The average Bonchev–Trinajstić information content (AvgIpc) is 2.65. The van der Waals surface area contributed by atoms with Gasteiger partial charge in [-0.3, -0.25) is 9.78 Å². The Morgan fingerprint density at radius 3 is 2.48 bits per heavy atom. The van der Waals surface area contributed by atoms with E-state index in [2.05, 4.69) is 15.2 Å². The van der Waals surface area contributed by atoms with Crippen LogP contribution in [0, 0.1) is 0 Å². The summed E-state index contributed by atoms with van der Waals surface area (Å²) in [5.41, 5.74) is 1.55. The third-order valence-electron chi connectivity index (χ3n) is 4.42. The Bertz CT molecular complexity index is 802. The topological polar surface area (TPSA) is 91.8 Å². The lowest BCUT2D eigenvalue weighted by Gasteiger charge is -2.36. The quantitative estimate of drug-likeness (QED) is 0.840. The fourth-order valence-electron chi connectivity index (χ4n) is 3.27. The smallest absolute Gasteiger partial charge is 0.330 e. The molecule has 27 heavy (non-hydrogen) atoms. The van der Waals surface area contributed by atoms with Crippen molar-refractivity contribution in [1.29, 1.82) is 0 Å². The summed E-state index contributed by atoms with van der Waals surface area (Å²) in [4.78, 5) is 30.5. The number of anilines is 1. The predicted molar refractivity (Wildman–Crippen MR) is 101 cm³/mol. The van der Waals surface area contributed by atoms with E-state index in [0.717, 1.165) is 18.8 Å². The molecule has 0 spiro atoms. The van der Waals surface area contributed by atoms with Crippen LogP contribution in [0.1, 0.15) is 35.9 Å². The van der Waals surface area contributed by atoms with Crippen molar-refractivity contribution < 1.29 is 19.4 Å². The summed E-state index contributed by atoms with van der Waals surface area (Å²) in [5, 5.41) is 12.0. The molecule has 2 unspecified atom stereocenters. The number of hydrogen-bond acceptors (Lipinski definition) is 5. The lowest BCUT2D eigenvalue weighted by molar-refractivity contribution is -0.139. The van der Waals surface area contributed by atoms with Gasteiger partial charge in [-0.05, 0) is 31.5 Å². The van der Waals surface area contributed by atoms with Gasteiger partial charge in [0.1, 0.15) is 5.69 Å². The Balaban J connectivity index is 1.78. The van der Waals surface area contributed by atoms with Gasteiger partial charge in [-0.25, -0.2) is 4.79 Å². The molecule has 0 bridgehead atoms. The number of amides is 1. The number of ether oxygens (including phenoxy) is 1. The average molecular weight is 369 g/mol. The van der Waals surface area contributed by atoms with Gasteiger partial charge < -0.3 is 20.1 Å². The van der Waals surface area contributed by atoms with Gasteiger partial charge in [-0.2, -0.15) is 0 Å². The Labute approximate surface area is 158 Å². The lowest BCUT2D eigenvalue weighted by atomic mass is 10.1. The Kier molecular flexibility index (Phi) is 5.71. The Morgan fingerprint density at radius 1 is 1.19 bits per heavy atom. The van der Waals surface area contributed by atoms with Crippen LogP contribution < -0.4 is 10.2 Å². The molecule has 1 saturated heterocycles. The van der Waals surface area contributed by atoms with Gasteiger partial charge in [0.2, 0.25) is 0 Å². The molecule has 1 aromatic heterocycles. The SMILES string of the molecule is CC1CN(c2ccnc(C(=O)N[C@H](C(=O)O)c3ccccc3)c2)CC(C)O1. The maximum atomic E-state index is 12.6. The molecule has 3 atom stereocenters. The third-order valence-corrected chi connectivity index (χ3v) is 4.42. The van der Waals surface area contributed by atoms with E-state index >= 15 is 0 Å². The van der Waals surface area contributed by atoms with Crippen LogP contribution in [0.3, 0.4) is 0 Å². The van der Waals surface area contributed by atoms with E-state index in [1.54, 1.807) is 42.6 Å². The van der Waals surface area contributed by atoms with Gasteiger partial charge in [-0.15, -0.1) is 0 Å². The monoisotopic (exact) mass is 369 g/mol. The molecular weight excluding hydrogens is 346 g/mol. The zero-order chi connectivity index (χ0) is 19.4. The number of carboxylic acid groups (broad SMARTS) is 1. The van der Waals surface area contributed by atoms with Crippen LogP contribution in [0.15, 0.2) is 48.7 Å². The summed E-state index contributed by atoms with van der Waals surface area (Å²) in [6.45, 7) is 5.46. The molecule has 2 aromatic rings. The molecule has 1 aromatic carbocycles. The van der Waals surface area contributed by atoms with Gasteiger partial charge >= 0.3 is 5.97 Å². The van der Waals surface area contributed by atoms with Crippen LogP contribution >= 0.6 is 0 Å². The second-order valence-corrected chi connectivity index (χ2v) is 6.72. The largest absolute Gasteiger partial charge is 0.479 e. The molecule has 3 rings (SSSR count). The molecule has 142 valence electrons. The number of aromatic nitrogens is 1. The second-order valence-electron chi connectivity index (χ2n) is 6.72. The molecule has 1 aliphatic rings. The highest BCUT2D eigenvalue weighted by Gasteiger charge is 2.25. The number of benzene rings is 1. The molecule has 0 radical (unpaired) electrons. The minimum absolute atomic E-state index is 0.0914. The molecule has 2 N–H and O–H groups in total. The Hall–Kier alpha value is -2.93. The van der Waals surface area contributed by atoms with Crippen LogP contribution in [0.25, 0.3) is 0 Å². The minimum Gasteiger partial charge on any atom is -0.479 e. The van der Waals surface area contributed by atoms with Crippen molar-refractivity contribution in [2.24, 2.45) is 0 Å². The highest BCUT2D eigenvalue weighted by molar-refractivity contribution is 5.96. The summed E-state index contributed by atoms with van der Waals surface area (Å²) < 4.78 is 5.74. The normalized spacial score (nSPS) is 20.7. The van der Waals surface area contributed by atoms with E-state index in [1.807, 2.05) is 19.9 Å². The summed E-state index contributed by atoms with van der Waals surface area (Å²) in [6.07, 6.45) is 1.75. The number of carboxylic acids is 1. The van der Waals surface area contributed by atoms with Crippen molar-refractivity contribution in [3.05, 3.63) is 59.9 Å². The van der Waals surface area contributed by atoms with Crippen LogP contribution in [0.2, 0.25) is 0 Å². The van der Waals surface area contributed by atoms with Crippen molar-refractivity contribution in [1.82, 2.24) is 10.3 Å². The van der Waals surface area contributed by atoms with E-state index < -0.39 is 17.9 Å². The Morgan fingerprint density at radius 2 is 1.85 bits per heavy atom. The van der Waals surface area contributed by atoms with Gasteiger partial charge in [-0.1, -0.05) is 30.3 Å². The van der Waals surface area contributed by atoms with Gasteiger partial charge in [0.15, 0.2) is 6.04 Å². The second kappa shape index (κ2) is 8.18. The van der Waals surface area contributed by atoms with Gasteiger partial charge in [0.25, 0.3) is 5.91 Å². The number of hydrogen-bond donors (Lipinski definition) is 2. The number of rotatable bonds is 5. The van der Waals surface area contributed by atoms with Gasteiger partial charge in [0.05, 0.1) is 12.2 Å². The summed E-state index contributed by atoms with van der Waals surface area (Å²) in [5.74, 6) is -1.65. The molecule has 2 heterocycles. The number of nitrogens with one attached hydrogen (secondary N) is 1. The van der Waals surface area contributed by atoms with Crippen molar-refractivity contribution in [3.63, 3.8) is 0 Å². The third kappa shape index (κ3) is 4.62. The summed E-state index contributed by atoms with van der Waals surface area (Å²) in [6, 6.07) is 11.0. The summed E-state index contributed by atoms with van der Waals surface area (Å²) >= 11 is 0. The fourth-order valence-corrected chi connectivity index (χ4v) is 3.27. The van der Waals surface area contributed by atoms with E-state index in [9.17, 15) is 14.7 Å². The molecule has 0 aliphatic carbocycles. The van der Waals surface area contributed by atoms with Crippen molar-refractivity contribution in [3.8, 4) is 0 Å². The van der Waals surface area contributed by atoms with Crippen molar-refractivity contribution in [2.75, 3.05) is 18.0 Å². The van der Waals surface area contributed by atoms with Crippen LogP contribution in [0.5, 0.6) is 0 Å². The van der Waals surface area contributed by atoms with Crippen molar-refractivity contribution in [2.45, 2.75) is 32.1 Å². The first-order valence-corrected chi connectivity index (χ1v) is 8.89. The molecule has 0 saturated carbocycles. The van der Waals surface area contributed by atoms with Crippen LogP contribution in [-0.2, 0) is 9.53 Å². The van der Waals surface area contributed by atoms with E-state index in [0.29, 0.717) is 5.56 Å². The standard InChI is InChI=1S/C20H23N3O4/c1-13-11-23(12-14(2)27-13)16-8-9-21-17(10-16)19(24)22-18(20(25)26)15-6-4-3-5-7-15/h3-10,13-14,18H,11-12H2,1-2H3,(H,22,24)(H,25,26)/t13?,14?,18-/m0/s1. The van der Waals surface area contributed by atoms with E-state index in [-0.39, 0.29) is 17.9 Å². The lowest BCUT2D eigenvalue weighted by Crippen LogP contribution is -2.45. The van der Waals surface area contributed by atoms with E-state index in [4.69, 9.17) is 4.74 Å². The molecule has 1 fully saturated rings. The number of nitrogens with zero attached hydrogens (tertiary/aromatic N) is 2. The predicted octanol–water partition coefficient (Wildman–Crippen LogP) is 2.25. The first-order chi connectivity index (χ1) is 12.9. The molecule has 7 heteroatoms. The summed E-state index contributed by atoms with van der Waals surface area (Å²) in [7, 11) is 0. The minimum atomic E-state index is -1.13. The maximum absolute atomic E-state index is 12.6. The van der Waals surface area contributed by atoms with E-state index in [1.165, 1.54) is 0 Å². The molecule has 7 nitrogen and oxygen atoms in total. The first-order valence-electron chi connectivity index (χ1n) is 8.89. The zero-order valence-electron chi connectivity index (χ0n) is 15.3. The number of aliphatic carboxylic acids is 1. The number of pyridine rings is 1. The highest BCUT2D eigenvalue weighted by atomic mass is 16.5. The molecule has 1 amide bonds. The molecular formula is C20H23N3O4. The van der Waals surface area contributed by atoms with Crippen LogP contribution in [-0.4, -0.2) is 47.3 Å². The first kappa shape index (κ1) is 18.8. The van der Waals surface area contributed by atoms with Crippen LogP contribution in [0.4, 0.5) is 5.69 Å². The number of carbonyl (C=O) groups is 2. The maximum Gasteiger partial charge on any atom is 0.330 e. The highest BCUT2D eigenvalue weighted by Crippen LogP contribution is 2.21. The van der Waals surface area contributed by atoms with Gasteiger partial charge in [0, 0.05) is 25.0 Å². The number of carbonyl (C=O) groups excluding carboxylic acids is 1. The fraction of sp³-hybridized carbons (Fsp3) is 0.350. The van der Waals surface area contributed by atoms with Crippen molar-refractivity contribution >= 4 is 17.6 Å². The molecule has 1 aliphatic heterocycles. The number of morpholine rings is 1.